The summed E-state index contributed by atoms with van der Waals surface area (Å²) < 4.78 is 2.50. The van der Waals surface area contributed by atoms with Crippen molar-refractivity contribution in [3.05, 3.63) is 31.8 Å². The molecular formula is C8H7Br2I. The Morgan fingerprint density at radius 2 is 2.09 bits per heavy atom. The third-order valence-electron chi connectivity index (χ3n) is 1.37. The Bertz CT molecular complexity index is 248. The number of halogens is 3. The first kappa shape index (κ1) is 9.99. The van der Waals surface area contributed by atoms with Gasteiger partial charge in [0.1, 0.15) is 0 Å². The van der Waals surface area contributed by atoms with Gasteiger partial charge in [0, 0.05) is 13.4 Å². The monoisotopic (exact) mass is 388 g/mol. The molecule has 0 unspecified atom stereocenters. The molecule has 1 aromatic carbocycles. The molecule has 0 aliphatic heterocycles. The smallest absolute Gasteiger partial charge is 0.0208 e. The lowest BCUT2D eigenvalue weighted by Crippen LogP contribution is -1.87. The average Bonchev–Trinajstić information content (AvgIpc) is 1.98. The van der Waals surface area contributed by atoms with Crippen LogP contribution in [0.2, 0.25) is 0 Å². The Morgan fingerprint density at radius 1 is 1.36 bits per heavy atom. The maximum absolute atomic E-state index is 3.51. The van der Waals surface area contributed by atoms with Crippen LogP contribution in [0.1, 0.15) is 5.56 Å². The molecule has 0 aliphatic carbocycles. The Hall–Kier alpha value is 0.910. The number of hydrogen-bond acceptors (Lipinski definition) is 0. The molecule has 0 saturated carbocycles. The van der Waals surface area contributed by atoms with Crippen LogP contribution in [0.5, 0.6) is 0 Å². The van der Waals surface area contributed by atoms with E-state index in [1.165, 1.54) is 13.6 Å². The number of hydrogen-bond donors (Lipinski definition) is 0. The van der Waals surface area contributed by atoms with Gasteiger partial charge in [0.15, 0.2) is 0 Å². The van der Waals surface area contributed by atoms with E-state index in [2.05, 4.69) is 72.6 Å². The van der Waals surface area contributed by atoms with Crippen molar-refractivity contribution < 1.29 is 0 Å². The van der Waals surface area contributed by atoms with Crippen molar-refractivity contribution in [1.29, 1.82) is 0 Å². The Balaban J connectivity index is 2.93. The summed E-state index contributed by atoms with van der Waals surface area (Å²) in [7, 11) is 0. The maximum Gasteiger partial charge on any atom is 0.0208 e. The lowest BCUT2D eigenvalue weighted by Gasteiger charge is -2.01. The maximum atomic E-state index is 3.51. The van der Waals surface area contributed by atoms with Gasteiger partial charge in [0.25, 0.3) is 0 Å². The van der Waals surface area contributed by atoms with Crippen LogP contribution in [0, 0.1) is 3.57 Å². The van der Waals surface area contributed by atoms with Crippen molar-refractivity contribution >= 4 is 54.5 Å². The van der Waals surface area contributed by atoms with Crippen LogP contribution in [0.4, 0.5) is 0 Å². The second-order valence-corrected chi connectivity index (χ2v) is 5.07. The van der Waals surface area contributed by atoms with Gasteiger partial charge in [0.05, 0.1) is 0 Å². The van der Waals surface area contributed by atoms with Crippen molar-refractivity contribution in [1.82, 2.24) is 0 Å². The van der Waals surface area contributed by atoms with Gasteiger partial charge in [-0.2, -0.15) is 0 Å². The van der Waals surface area contributed by atoms with Crippen molar-refractivity contribution in [3.8, 4) is 0 Å². The third kappa shape index (κ3) is 3.03. The molecule has 1 aromatic rings. The summed E-state index contributed by atoms with van der Waals surface area (Å²) in [5.74, 6) is 0. The number of aryl methyl sites for hydroxylation is 1. The molecule has 0 saturated heterocycles. The van der Waals surface area contributed by atoms with Crippen LogP contribution in [0.15, 0.2) is 22.7 Å². The summed E-state index contributed by atoms with van der Waals surface area (Å²) in [6, 6.07) is 6.40. The van der Waals surface area contributed by atoms with Crippen molar-refractivity contribution in [2.24, 2.45) is 0 Å². The summed E-state index contributed by atoms with van der Waals surface area (Å²) >= 11 is 9.25. The van der Waals surface area contributed by atoms with Gasteiger partial charge in [-0.05, 0) is 52.8 Å². The van der Waals surface area contributed by atoms with Gasteiger partial charge < -0.3 is 0 Å². The molecule has 3 heteroatoms. The number of rotatable bonds is 2. The fraction of sp³-hybridized carbons (Fsp3) is 0.250. The zero-order valence-electron chi connectivity index (χ0n) is 5.78. The van der Waals surface area contributed by atoms with E-state index in [1.807, 2.05) is 0 Å². The molecular weight excluding hydrogens is 383 g/mol. The molecule has 11 heavy (non-hydrogen) atoms. The van der Waals surface area contributed by atoms with Gasteiger partial charge in [-0.15, -0.1) is 0 Å². The number of alkyl halides is 1. The highest BCUT2D eigenvalue weighted by atomic mass is 127. The molecule has 0 nitrogen and oxygen atoms in total. The molecule has 0 fully saturated rings. The number of benzene rings is 1. The Labute approximate surface area is 97.2 Å². The molecule has 0 aliphatic rings. The molecule has 0 bridgehead atoms. The van der Waals surface area contributed by atoms with Gasteiger partial charge in [-0.1, -0.05) is 31.9 Å². The SMILES string of the molecule is BrCCc1cc(I)ccc1Br. The fourth-order valence-corrected chi connectivity index (χ4v) is 2.26. The summed E-state index contributed by atoms with van der Waals surface area (Å²) in [6.45, 7) is 0. The van der Waals surface area contributed by atoms with Crippen molar-refractivity contribution in [2.45, 2.75) is 6.42 Å². The largest absolute Gasteiger partial charge is 0.0924 e. The molecule has 0 spiro atoms. The van der Waals surface area contributed by atoms with E-state index < -0.39 is 0 Å². The van der Waals surface area contributed by atoms with Gasteiger partial charge in [-0.25, -0.2) is 0 Å². The minimum absolute atomic E-state index is 1.02. The lowest BCUT2D eigenvalue weighted by molar-refractivity contribution is 1.15. The van der Waals surface area contributed by atoms with Gasteiger partial charge in [-0.3, -0.25) is 0 Å². The van der Waals surface area contributed by atoms with Crippen LogP contribution in [0.25, 0.3) is 0 Å². The highest BCUT2D eigenvalue weighted by Gasteiger charge is 1.98. The summed E-state index contributed by atoms with van der Waals surface area (Å²) in [5.41, 5.74) is 1.37. The first-order valence-electron chi connectivity index (χ1n) is 3.24. The highest BCUT2D eigenvalue weighted by Crippen LogP contribution is 2.20. The second-order valence-electron chi connectivity index (χ2n) is 2.17. The first-order chi connectivity index (χ1) is 5.24. The second kappa shape index (κ2) is 4.82. The molecule has 0 atom stereocenters. The van der Waals surface area contributed by atoms with E-state index in [0.29, 0.717) is 0 Å². The van der Waals surface area contributed by atoms with E-state index in [9.17, 15) is 0 Å². The van der Waals surface area contributed by atoms with Crippen LogP contribution >= 0.6 is 54.5 Å². The fourth-order valence-electron chi connectivity index (χ4n) is 0.837. The molecule has 0 N–H and O–H groups in total. The topological polar surface area (TPSA) is 0 Å². The minimum atomic E-state index is 1.02. The molecule has 1 rings (SSSR count). The molecule has 0 heterocycles. The van der Waals surface area contributed by atoms with Crippen LogP contribution in [-0.4, -0.2) is 5.33 Å². The Morgan fingerprint density at radius 3 is 2.73 bits per heavy atom. The zero-order valence-corrected chi connectivity index (χ0v) is 11.1. The quantitative estimate of drug-likeness (QED) is 0.530. The van der Waals surface area contributed by atoms with Crippen LogP contribution < -0.4 is 0 Å². The van der Waals surface area contributed by atoms with E-state index in [0.717, 1.165) is 11.8 Å². The van der Waals surface area contributed by atoms with E-state index in [-0.39, 0.29) is 0 Å². The lowest BCUT2D eigenvalue weighted by atomic mass is 10.2. The van der Waals surface area contributed by atoms with Gasteiger partial charge in [0.2, 0.25) is 0 Å². The average molecular weight is 390 g/mol. The zero-order chi connectivity index (χ0) is 8.27. The van der Waals surface area contributed by atoms with Crippen LogP contribution in [-0.2, 0) is 6.42 Å². The van der Waals surface area contributed by atoms with E-state index >= 15 is 0 Å². The van der Waals surface area contributed by atoms with Crippen LogP contribution in [0.3, 0.4) is 0 Å². The molecule has 60 valence electrons. The van der Waals surface area contributed by atoms with Crippen molar-refractivity contribution in [3.63, 3.8) is 0 Å². The normalized spacial score (nSPS) is 10.1. The van der Waals surface area contributed by atoms with E-state index in [4.69, 9.17) is 0 Å². The molecule has 0 aromatic heterocycles. The standard InChI is InChI=1S/C8H7Br2I/c9-4-3-6-5-7(11)1-2-8(6)10/h1-2,5H,3-4H2. The summed E-state index contributed by atoms with van der Waals surface area (Å²) in [6.07, 6.45) is 1.08. The predicted octanol–water partition coefficient (Wildman–Crippen LogP) is 3.99. The van der Waals surface area contributed by atoms with Gasteiger partial charge >= 0.3 is 0 Å². The predicted molar refractivity (Wildman–Crippen MR) is 64.4 cm³/mol. The third-order valence-corrected chi connectivity index (χ3v) is 3.21. The summed E-state index contributed by atoms with van der Waals surface area (Å²) in [5, 5.41) is 1.02. The highest BCUT2D eigenvalue weighted by molar-refractivity contribution is 14.1. The molecule has 0 amide bonds. The van der Waals surface area contributed by atoms with Crippen molar-refractivity contribution in [2.75, 3.05) is 5.33 Å². The molecule has 0 radical (unpaired) electrons. The Kier molecular flexibility index (Phi) is 4.38. The first-order valence-corrected chi connectivity index (χ1v) is 6.23. The minimum Gasteiger partial charge on any atom is -0.0924 e. The summed E-state index contributed by atoms with van der Waals surface area (Å²) in [4.78, 5) is 0. The van der Waals surface area contributed by atoms with E-state index in [1.54, 1.807) is 0 Å².